The molecule has 0 aromatic heterocycles. The van der Waals surface area contributed by atoms with E-state index >= 15 is 0 Å². The van der Waals surface area contributed by atoms with Gasteiger partial charge in [0.1, 0.15) is 26.9 Å². The summed E-state index contributed by atoms with van der Waals surface area (Å²) >= 11 is 0. The number of hydrogen-bond donors (Lipinski definition) is 8. The predicted octanol–water partition coefficient (Wildman–Crippen LogP) is 7.53. The molecule has 321 valence electrons. The number of anilines is 3. The van der Waals surface area contributed by atoms with Crippen molar-refractivity contribution in [2.75, 3.05) is 23.5 Å². The number of methoxy groups -OCH3 is 1. The van der Waals surface area contributed by atoms with Gasteiger partial charge >= 0.3 is 6.03 Å². The summed E-state index contributed by atoms with van der Waals surface area (Å²) in [5, 5.41) is 44.4. The number of benzene rings is 7. The molecule has 26 heteroatoms. The first-order valence-electron chi connectivity index (χ1n) is 17.5. The largest absolute Gasteiger partial charge is 0.505 e. The number of carbonyl (C=O) groups is 1. The Kier molecular flexibility index (Phi) is 17.0. The third kappa shape index (κ3) is 11.8. The Morgan fingerprint density at radius 2 is 1.08 bits per heavy atom. The van der Waals surface area contributed by atoms with Gasteiger partial charge in [0.05, 0.1) is 29.1 Å². The van der Waals surface area contributed by atoms with Gasteiger partial charge in [-0.2, -0.15) is 30.4 Å². The maximum absolute atomic E-state index is 13.1. The summed E-state index contributed by atoms with van der Waals surface area (Å²) in [6, 6.07) is 20.5. The predicted molar refractivity (Wildman–Crippen MR) is 245 cm³/mol. The summed E-state index contributed by atoms with van der Waals surface area (Å²) in [6.45, 7) is 1.67. The van der Waals surface area contributed by atoms with Crippen LogP contribution in [0.4, 0.5) is 44.6 Å². The molecule has 0 bridgehead atoms. The second kappa shape index (κ2) is 20.7. The monoisotopic (exact) mass is 970 g/mol. The number of rotatable bonds is 10. The number of phenolic OH excluding ortho intramolecular Hbond substituents is 2. The van der Waals surface area contributed by atoms with Crippen LogP contribution in [0.5, 0.6) is 17.2 Å². The van der Waals surface area contributed by atoms with E-state index in [0.29, 0.717) is 22.0 Å². The Hall–Kier alpha value is -4.28. The van der Waals surface area contributed by atoms with E-state index in [1.165, 1.54) is 86.0 Å². The van der Waals surface area contributed by atoms with Crippen LogP contribution in [0.2, 0.25) is 0 Å². The minimum Gasteiger partial charge on any atom is -0.505 e. The summed E-state index contributed by atoms with van der Waals surface area (Å²) in [5.41, 5.74) is 6.21. The molecule has 0 atom stereocenters. The zero-order valence-corrected chi connectivity index (χ0v) is 43.3. The van der Waals surface area contributed by atoms with Crippen LogP contribution in [0.15, 0.2) is 132 Å². The van der Waals surface area contributed by atoms with E-state index < -0.39 is 69.1 Å². The number of nitrogens with two attached hydrogens (primary N) is 1. The Bertz CT molecular complexity index is 3470. The Labute approximate surface area is 436 Å². The van der Waals surface area contributed by atoms with Gasteiger partial charge in [0.2, 0.25) is 0 Å². The molecule has 9 N–H and O–H groups in total. The van der Waals surface area contributed by atoms with Gasteiger partial charge in [-0.3, -0.25) is 13.7 Å². The average molecular weight is 971 g/mol. The van der Waals surface area contributed by atoms with Crippen LogP contribution in [0.3, 0.4) is 0 Å². The van der Waals surface area contributed by atoms with E-state index in [0.717, 1.165) is 12.1 Å². The second-order valence-corrected chi connectivity index (χ2v) is 17.7. The van der Waals surface area contributed by atoms with Crippen LogP contribution in [-0.4, -0.2) is 151 Å². The van der Waals surface area contributed by atoms with Crippen molar-refractivity contribution < 1.29 is 58.7 Å². The number of ether oxygens (including phenoxy) is 1. The van der Waals surface area contributed by atoms with Gasteiger partial charge in [-0.25, -0.2) is 4.79 Å². The van der Waals surface area contributed by atoms with Crippen LogP contribution in [0.25, 0.3) is 32.3 Å². The molecular weight excluding hydrogens is 940 g/mol. The van der Waals surface area contributed by atoms with Crippen molar-refractivity contribution in [3.8, 4) is 17.2 Å². The molecule has 0 unspecified atom stereocenters. The summed E-state index contributed by atoms with van der Waals surface area (Å²) in [7, 11) is -13.1. The molecule has 0 fully saturated rings. The fourth-order valence-electron chi connectivity index (χ4n) is 6.37. The number of azo groups is 2. The van der Waals surface area contributed by atoms with Gasteiger partial charge in [0.15, 0.2) is 11.5 Å². The molecule has 0 saturated heterocycles. The van der Waals surface area contributed by atoms with Gasteiger partial charge in [0, 0.05) is 117 Å². The number of amides is 2. The maximum atomic E-state index is 13.1. The molecule has 0 aliphatic carbocycles. The molecule has 65 heavy (non-hydrogen) atoms. The van der Waals surface area contributed by atoms with Crippen LogP contribution in [0.1, 0.15) is 5.56 Å². The van der Waals surface area contributed by atoms with Gasteiger partial charge in [0.25, 0.3) is 30.4 Å². The normalized spacial score (nSPS) is 11.9. The smallest absolute Gasteiger partial charge is 0.323 e. The van der Waals surface area contributed by atoms with Gasteiger partial charge in [-0.1, -0.05) is 12.1 Å². The number of hydrogen-bond acceptors (Lipinski definition) is 15. The standard InChI is InChI=1S/C39H31N7O13S3.3Na/c1-19-11-30(40)32(59-2)18-31(19)44-46-36-34(62(56,57)58)17-23-14-25(7-10-29(23)38(36)48)42-39(49)41-24-6-9-28-22(13-24)16-33(61(53,54)55)35(37(28)47)45-43-26-5-3-21-15-27(60(50,51)52)8-4-20(21)12-26;;;/h3-18,47-48H,40H2,1-2H3,(H2,41,42,49)(H,50,51,52)(H,53,54,55)(H,56,57,58);;;. The van der Waals surface area contributed by atoms with Crippen LogP contribution in [-0.2, 0) is 30.4 Å². The fourth-order valence-corrected chi connectivity index (χ4v) is 8.20. The summed E-state index contributed by atoms with van der Waals surface area (Å²) in [5.74, 6) is -1.05. The first-order chi connectivity index (χ1) is 29.1. The number of aromatic hydroxyl groups is 2. The molecule has 0 heterocycles. The van der Waals surface area contributed by atoms with Gasteiger partial charge < -0.3 is 31.3 Å². The van der Waals surface area contributed by atoms with Crippen molar-refractivity contribution in [1.82, 2.24) is 0 Å². The van der Waals surface area contributed by atoms with Crippen LogP contribution >= 0.6 is 0 Å². The van der Waals surface area contributed by atoms with Crippen molar-refractivity contribution >= 4 is 197 Å². The van der Waals surface area contributed by atoms with E-state index in [-0.39, 0.29) is 144 Å². The molecular formula is C39H31N7Na3O13S3. The van der Waals surface area contributed by atoms with Gasteiger partial charge in [-0.05, 0) is 113 Å². The van der Waals surface area contributed by atoms with Crippen LogP contribution in [0, 0.1) is 6.92 Å². The quantitative estimate of drug-likeness (QED) is 0.0284. The number of nitrogens with zero attached hydrogens (tertiary/aromatic N) is 4. The SMILES string of the molecule is COc1cc(N=Nc2c(S(=O)(=O)O)cc3cc(NC(=O)Nc4ccc5c(O)c(N=Nc6ccc7cc(S(=O)(=O)O)ccc7c6)c(S(=O)(=O)O)cc5c4)ccc3c2O)c(C)cc1N.[Na].[Na].[Na]. The third-order valence-corrected chi connectivity index (χ3v) is 11.9. The zero-order chi connectivity index (χ0) is 44.9. The van der Waals surface area contributed by atoms with Crippen molar-refractivity contribution in [2.24, 2.45) is 20.5 Å². The molecule has 7 aromatic carbocycles. The maximum Gasteiger partial charge on any atom is 0.323 e. The third-order valence-electron chi connectivity index (χ3n) is 9.34. The second-order valence-electron chi connectivity index (χ2n) is 13.5. The number of aryl methyl sites for hydroxylation is 1. The van der Waals surface area contributed by atoms with E-state index in [9.17, 15) is 53.9 Å². The zero-order valence-electron chi connectivity index (χ0n) is 34.8. The number of fused-ring (bicyclic) bond motifs is 3. The average Bonchev–Trinajstić information content (AvgIpc) is 3.19. The van der Waals surface area contributed by atoms with E-state index in [1.807, 2.05) is 0 Å². The molecule has 0 spiro atoms. The first-order valence-corrected chi connectivity index (χ1v) is 21.8. The molecule has 0 aliphatic heterocycles. The topological polar surface area (TPSA) is 329 Å². The molecule has 20 nitrogen and oxygen atoms in total. The molecule has 7 rings (SSSR count). The number of phenols is 2. The van der Waals surface area contributed by atoms with Gasteiger partial charge in [-0.15, -0.1) is 15.3 Å². The summed E-state index contributed by atoms with van der Waals surface area (Å²) in [6.07, 6.45) is 0. The number of urea groups is 1. The molecule has 2 amide bonds. The number of nitrogen functional groups attached to an aromatic ring is 1. The molecule has 3 radical (unpaired) electrons. The summed E-state index contributed by atoms with van der Waals surface area (Å²) in [4.78, 5) is 11.2. The Morgan fingerprint density at radius 3 is 1.57 bits per heavy atom. The van der Waals surface area contributed by atoms with E-state index in [2.05, 4.69) is 31.1 Å². The molecule has 7 aromatic rings. The summed E-state index contributed by atoms with van der Waals surface area (Å²) < 4.78 is 107. The molecule has 0 aliphatic rings. The minimum atomic E-state index is -5.03. The van der Waals surface area contributed by atoms with Crippen molar-refractivity contribution in [3.63, 3.8) is 0 Å². The molecule has 0 saturated carbocycles. The number of nitrogens with one attached hydrogen (secondary N) is 2. The van der Waals surface area contributed by atoms with E-state index in [1.54, 1.807) is 13.0 Å². The van der Waals surface area contributed by atoms with Crippen molar-refractivity contribution in [2.45, 2.75) is 21.6 Å². The fraction of sp³-hybridized carbons (Fsp3) is 0.0513. The Balaban J connectivity index is 0.00000308. The van der Waals surface area contributed by atoms with E-state index in [4.69, 9.17) is 10.5 Å². The minimum absolute atomic E-state index is 0. The Morgan fingerprint density at radius 1 is 0.585 bits per heavy atom. The first kappa shape index (κ1) is 53.3. The van der Waals surface area contributed by atoms with Crippen LogP contribution < -0.4 is 21.1 Å². The van der Waals surface area contributed by atoms with Crippen molar-refractivity contribution in [3.05, 3.63) is 103 Å². The number of carbonyl (C=O) groups excluding carboxylic acids is 1. The van der Waals surface area contributed by atoms with Crippen molar-refractivity contribution in [1.29, 1.82) is 0 Å².